The Morgan fingerprint density at radius 3 is 2.44 bits per heavy atom. The minimum atomic E-state index is -0.497. The van der Waals surface area contributed by atoms with Gasteiger partial charge in [0.05, 0.1) is 25.0 Å². The first-order chi connectivity index (χ1) is 14.5. The van der Waals surface area contributed by atoms with Gasteiger partial charge in [0.15, 0.2) is 6.54 Å². The molecule has 2 aliphatic heterocycles. The van der Waals surface area contributed by atoms with E-state index in [1.807, 2.05) is 47.4 Å². The number of fused-ring (bicyclic) bond motifs is 2. The van der Waals surface area contributed by atoms with Crippen LogP contribution in [0.1, 0.15) is 6.92 Å². The number of nitrogens with zero attached hydrogens (tertiary/aromatic N) is 1. The Bertz CT molecular complexity index is 955. The van der Waals surface area contributed by atoms with E-state index in [1.54, 1.807) is 18.7 Å². The van der Waals surface area contributed by atoms with E-state index in [0.29, 0.717) is 18.8 Å². The monoisotopic (exact) mass is 498 g/mol. The first kappa shape index (κ1) is 26.3. The predicted octanol–water partition coefficient (Wildman–Crippen LogP) is -5.19. The van der Waals surface area contributed by atoms with Crippen molar-refractivity contribution in [1.29, 1.82) is 0 Å². The molecule has 0 spiro atoms. The third-order valence-electron chi connectivity index (χ3n) is 5.51. The van der Waals surface area contributed by atoms with Gasteiger partial charge in [-0.1, -0.05) is 23.9 Å². The fourth-order valence-electron chi connectivity index (χ4n) is 3.89. The van der Waals surface area contributed by atoms with Crippen LogP contribution >= 0.6 is 11.8 Å². The number of amides is 2. The highest BCUT2D eigenvalue weighted by Crippen LogP contribution is 2.48. The summed E-state index contributed by atoms with van der Waals surface area (Å²) in [7, 11) is 2.20. The summed E-state index contributed by atoms with van der Waals surface area (Å²) in [5, 5.41) is 2.75. The van der Waals surface area contributed by atoms with Crippen LogP contribution in [0.15, 0.2) is 52.3 Å². The molecule has 0 radical (unpaired) electrons. The number of likely N-dealkylation sites (N-methyl/N-ethyl adjacent to an activating group) is 1. The minimum absolute atomic E-state index is 0. The molecule has 7 nitrogen and oxygen atoms in total. The maximum Gasteiger partial charge on any atom is 0.411 e. The zero-order chi connectivity index (χ0) is 21.1. The smallest absolute Gasteiger partial charge is 0.411 e. The maximum absolute atomic E-state index is 13.5. The Morgan fingerprint density at radius 2 is 1.72 bits per heavy atom. The molecule has 0 saturated carbocycles. The molecule has 2 amide bonds. The third kappa shape index (κ3) is 5.88. The van der Waals surface area contributed by atoms with Crippen molar-refractivity contribution in [1.82, 2.24) is 0 Å². The van der Waals surface area contributed by atoms with Crippen LogP contribution in [-0.2, 0) is 9.53 Å². The lowest BCUT2D eigenvalue weighted by atomic mass is 10.2. The number of ether oxygens (including phenoxy) is 1. The molecule has 2 aliphatic rings. The Balaban J connectivity index is 0.00000181. The van der Waals surface area contributed by atoms with Crippen LogP contribution < -0.4 is 44.8 Å². The van der Waals surface area contributed by atoms with Gasteiger partial charge in [-0.2, -0.15) is 0 Å². The third-order valence-corrected chi connectivity index (χ3v) is 6.64. The Morgan fingerprint density at radius 1 is 1.03 bits per heavy atom. The number of carbonyl (C=O) groups is 2. The molecule has 0 aromatic heterocycles. The fourth-order valence-corrected chi connectivity index (χ4v) is 4.92. The van der Waals surface area contributed by atoms with Crippen molar-refractivity contribution < 1.29 is 48.9 Å². The lowest BCUT2D eigenvalue weighted by molar-refractivity contribution is -1.000. The van der Waals surface area contributed by atoms with E-state index in [2.05, 4.69) is 12.4 Å². The first-order valence-electron chi connectivity index (χ1n) is 10.4. The van der Waals surface area contributed by atoms with Crippen LogP contribution in [0.3, 0.4) is 0 Å². The number of para-hydroxylation sites is 1. The molecule has 0 atom stereocenters. The standard InChI is InChI=1S/C22H26N4O3S.2ClH/c1-3-29-22(28)23-16-8-9-20-18(14-16)26(17-6-4-5-7-19(17)30-20)21(27)15-25-12-10-24(2)11-13-25;;/h4-9,14H,3,10-13,15H2,1-2H3,(H,23,28);2*1H. The van der Waals surface area contributed by atoms with Gasteiger partial charge in [-0.15, -0.1) is 0 Å². The summed E-state index contributed by atoms with van der Waals surface area (Å²) >= 11 is 1.64. The van der Waals surface area contributed by atoms with Gasteiger partial charge in [-0.25, -0.2) is 4.79 Å². The highest BCUT2D eigenvalue weighted by molar-refractivity contribution is 7.99. The summed E-state index contributed by atoms with van der Waals surface area (Å²) in [6, 6.07) is 13.6. The van der Waals surface area contributed by atoms with Crippen LogP contribution in [0.4, 0.5) is 21.9 Å². The summed E-state index contributed by atoms with van der Waals surface area (Å²) in [5.74, 6) is 0.0758. The number of quaternary nitrogens is 2. The zero-order valence-electron chi connectivity index (χ0n) is 18.1. The Hall–Kier alpha value is -1.97. The van der Waals surface area contributed by atoms with Gasteiger partial charge in [-0.05, 0) is 37.3 Å². The van der Waals surface area contributed by atoms with Crippen molar-refractivity contribution in [3.05, 3.63) is 42.5 Å². The number of piperazine rings is 1. The van der Waals surface area contributed by atoms with Crippen molar-refractivity contribution in [2.45, 2.75) is 16.7 Å². The lowest BCUT2D eigenvalue weighted by Gasteiger charge is -2.33. The summed E-state index contributed by atoms with van der Waals surface area (Å²) < 4.78 is 4.99. The SMILES string of the molecule is CCOC(=O)Nc1ccc2c(c1)N(C(=O)C[NH+]1CC[NH+](C)CC1)c1ccccc1S2.[Cl-].[Cl-]. The molecule has 2 heterocycles. The van der Waals surface area contributed by atoms with E-state index in [1.165, 1.54) is 9.80 Å². The molecule has 10 heteroatoms. The van der Waals surface area contributed by atoms with Gasteiger partial charge >= 0.3 is 6.09 Å². The largest absolute Gasteiger partial charge is 1.00 e. The second kappa shape index (κ2) is 11.8. The molecule has 0 aliphatic carbocycles. The van der Waals surface area contributed by atoms with E-state index in [0.717, 1.165) is 47.3 Å². The van der Waals surface area contributed by atoms with Crippen LogP contribution in [0.25, 0.3) is 0 Å². The van der Waals surface area contributed by atoms with Crippen molar-refractivity contribution in [2.75, 3.05) is 56.6 Å². The highest BCUT2D eigenvalue weighted by Gasteiger charge is 2.32. The summed E-state index contributed by atoms with van der Waals surface area (Å²) in [4.78, 5) is 32.1. The van der Waals surface area contributed by atoms with Crippen molar-refractivity contribution in [3.8, 4) is 0 Å². The van der Waals surface area contributed by atoms with Crippen LogP contribution in [0.5, 0.6) is 0 Å². The van der Waals surface area contributed by atoms with Gasteiger partial charge in [0.25, 0.3) is 5.91 Å². The van der Waals surface area contributed by atoms with E-state index >= 15 is 0 Å². The van der Waals surface area contributed by atoms with Crippen LogP contribution in [0.2, 0.25) is 0 Å². The van der Waals surface area contributed by atoms with Crippen molar-refractivity contribution in [3.63, 3.8) is 0 Å². The fraction of sp³-hybridized carbons (Fsp3) is 0.364. The predicted molar refractivity (Wildman–Crippen MR) is 117 cm³/mol. The second-order valence-corrected chi connectivity index (χ2v) is 8.79. The Labute approximate surface area is 205 Å². The molecule has 32 heavy (non-hydrogen) atoms. The number of benzene rings is 2. The molecule has 4 rings (SSSR count). The minimum Gasteiger partial charge on any atom is -1.00 e. The maximum atomic E-state index is 13.5. The molecule has 174 valence electrons. The molecule has 1 saturated heterocycles. The molecule has 2 aromatic carbocycles. The average Bonchev–Trinajstić information content (AvgIpc) is 2.73. The Kier molecular flexibility index (Phi) is 9.66. The quantitative estimate of drug-likeness (QED) is 0.394. The van der Waals surface area contributed by atoms with Crippen LogP contribution in [0, 0.1) is 0 Å². The molecule has 3 N–H and O–H groups in total. The van der Waals surface area contributed by atoms with E-state index in [4.69, 9.17) is 4.74 Å². The van der Waals surface area contributed by atoms with E-state index < -0.39 is 6.09 Å². The van der Waals surface area contributed by atoms with Gasteiger partial charge < -0.3 is 39.4 Å². The summed E-state index contributed by atoms with van der Waals surface area (Å²) in [6.07, 6.45) is -0.497. The molecular formula is C22H28Cl2N4O3S. The van der Waals surface area contributed by atoms with Gasteiger partial charge in [0.2, 0.25) is 0 Å². The van der Waals surface area contributed by atoms with Crippen molar-refractivity contribution in [2.24, 2.45) is 0 Å². The van der Waals surface area contributed by atoms with Gasteiger partial charge in [0.1, 0.15) is 26.2 Å². The number of hydrogen-bond acceptors (Lipinski definition) is 4. The number of carbonyl (C=O) groups excluding carboxylic acids is 2. The van der Waals surface area contributed by atoms with Crippen LogP contribution in [-0.4, -0.2) is 58.4 Å². The molecular weight excluding hydrogens is 471 g/mol. The van der Waals surface area contributed by atoms with E-state index in [-0.39, 0.29) is 30.7 Å². The molecule has 0 unspecified atom stereocenters. The number of anilines is 3. The normalized spacial score (nSPS) is 18.9. The summed E-state index contributed by atoms with van der Waals surface area (Å²) in [6.45, 7) is 6.70. The second-order valence-electron chi connectivity index (χ2n) is 7.71. The van der Waals surface area contributed by atoms with Crippen molar-refractivity contribution >= 4 is 40.8 Å². The molecule has 0 bridgehead atoms. The zero-order valence-corrected chi connectivity index (χ0v) is 20.4. The number of nitrogens with one attached hydrogen (secondary N) is 3. The lowest BCUT2D eigenvalue weighted by Crippen LogP contribution is -3.27. The van der Waals surface area contributed by atoms with E-state index in [9.17, 15) is 9.59 Å². The number of rotatable bonds is 4. The van der Waals surface area contributed by atoms with Gasteiger partial charge in [0, 0.05) is 15.5 Å². The highest BCUT2D eigenvalue weighted by atomic mass is 35.5. The topological polar surface area (TPSA) is 67.5 Å². The van der Waals surface area contributed by atoms with Gasteiger partial charge in [-0.3, -0.25) is 15.0 Å². The molecule has 2 aromatic rings. The number of halogens is 2. The number of hydrogen-bond donors (Lipinski definition) is 3. The average molecular weight is 499 g/mol. The first-order valence-corrected chi connectivity index (χ1v) is 11.2. The summed E-state index contributed by atoms with van der Waals surface area (Å²) in [5.41, 5.74) is 2.31. The molecule has 1 fully saturated rings.